The number of ether oxygens (including phenoxy) is 1. The topological polar surface area (TPSA) is 66.7 Å². The molecule has 30 heavy (non-hydrogen) atoms. The number of likely N-dealkylation sites (N-methyl/N-ethyl adjacent to an activating group) is 1. The van der Waals surface area contributed by atoms with Crippen molar-refractivity contribution in [3.63, 3.8) is 0 Å². The normalized spacial score (nSPS) is 11.3. The Bertz CT molecular complexity index is 775. The summed E-state index contributed by atoms with van der Waals surface area (Å²) in [6.45, 7) is 10.9. The number of benzene rings is 1. The standard InChI is InChI=1S/C22H36N6O.HI/c1-6-23-22(24-12-9-13-28-19(3)16-18(2)26-28)25-17-20-10-7-8-11-21(20)29-15-14-27(4)5;/h7-8,10-11,16H,6,9,12-15,17H2,1-5H3,(H2,23,24,25);1H. The van der Waals surface area contributed by atoms with E-state index in [9.17, 15) is 0 Å². The molecule has 2 rings (SSSR count). The molecule has 1 aromatic heterocycles. The van der Waals surface area contributed by atoms with E-state index in [4.69, 9.17) is 9.73 Å². The highest BCUT2D eigenvalue weighted by atomic mass is 127. The number of hydrogen-bond donors (Lipinski definition) is 2. The van der Waals surface area contributed by atoms with Gasteiger partial charge in [0.15, 0.2) is 5.96 Å². The van der Waals surface area contributed by atoms with Crippen LogP contribution in [0, 0.1) is 13.8 Å². The van der Waals surface area contributed by atoms with Gasteiger partial charge >= 0.3 is 0 Å². The zero-order valence-electron chi connectivity index (χ0n) is 18.9. The first kappa shape index (κ1) is 26.2. The van der Waals surface area contributed by atoms with Gasteiger partial charge in [-0.1, -0.05) is 18.2 Å². The van der Waals surface area contributed by atoms with Crippen molar-refractivity contribution in [2.24, 2.45) is 4.99 Å². The zero-order valence-corrected chi connectivity index (χ0v) is 21.3. The maximum Gasteiger partial charge on any atom is 0.191 e. The van der Waals surface area contributed by atoms with Crippen molar-refractivity contribution < 1.29 is 4.74 Å². The first-order valence-corrected chi connectivity index (χ1v) is 10.4. The van der Waals surface area contributed by atoms with E-state index in [-0.39, 0.29) is 24.0 Å². The number of nitrogens with zero attached hydrogens (tertiary/aromatic N) is 4. The van der Waals surface area contributed by atoms with Gasteiger partial charge in [-0.3, -0.25) is 4.68 Å². The Morgan fingerprint density at radius 1 is 1.20 bits per heavy atom. The molecule has 168 valence electrons. The molecule has 0 radical (unpaired) electrons. The first-order valence-electron chi connectivity index (χ1n) is 10.4. The van der Waals surface area contributed by atoms with Crippen molar-refractivity contribution in [3.05, 3.63) is 47.3 Å². The molecule has 0 aliphatic rings. The lowest BCUT2D eigenvalue weighted by atomic mass is 10.2. The predicted octanol–water partition coefficient (Wildman–Crippen LogP) is 3.20. The van der Waals surface area contributed by atoms with Crippen LogP contribution in [-0.4, -0.2) is 61.0 Å². The van der Waals surface area contributed by atoms with Gasteiger partial charge in [-0.05, 0) is 53.4 Å². The number of para-hydroxylation sites is 1. The van der Waals surface area contributed by atoms with Crippen molar-refractivity contribution in [2.75, 3.05) is 40.3 Å². The number of aliphatic imine (C=N–C) groups is 1. The van der Waals surface area contributed by atoms with E-state index >= 15 is 0 Å². The largest absolute Gasteiger partial charge is 0.492 e. The van der Waals surface area contributed by atoms with Gasteiger partial charge < -0.3 is 20.3 Å². The monoisotopic (exact) mass is 528 g/mol. The Morgan fingerprint density at radius 2 is 1.97 bits per heavy atom. The average Bonchev–Trinajstić information content (AvgIpc) is 3.00. The summed E-state index contributed by atoms with van der Waals surface area (Å²) in [5, 5.41) is 11.2. The van der Waals surface area contributed by atoms with Crippen molar-refractivity contribution in [3.8, 4) is 5.75 Å². The summed E-state index contributed by atoms with van der Waals surface area (Å²) >= 11 is 0. The van der Waals surface area contributed by atoms with Crippen LogP contribution in [0.15, 0.2) is 35.3 Å². The van der Waals surface area contributed by atoms with E-state index in [2.05, 4.69) is 51.3 Å². The predicted molar refractivity (Wildman–Crippen MR) is 135 cm³/mol. The third-order valence-corrected chi connectivity index (χ3v) is 4.46. The minimum atomic E-state index is 0. The van der Waals surface area contributed by atoms with Gasteiger partial charge in [0.1, 0.15) is 12.4 Å². The molecule has 0 saturated carbocycles. The van der Waals surface area contributed by atoms with Crippen LogP contribution < -0.4 is 15.4 Å². The van der Waals surface area contributed by atoms with Crippen molar-refractivity contribution in [2.45, 2.75) is 40.3 Å². The second-order valence-electron chi connectivity index (χ2n) is 7.39. The van der Waals surface area contributed by atoms with E-state index < -0.39 is 0 Å². The molecule has 0 aliphatic carbocycles. The second-order valence-corrected chi connectivity index (χ2v) is 7.39. The highest BCUT2D eigenvalue weighted by Gasteiger charge is 2.05. The molecule has 0 amide bonds. The minimum Gasteiger partial charge on any atom is -0.492 e. The maximum atomic E-state index is 5.94. The van der Waals surface area contributed by atoms with E-state index in [1.54, 1.807) is 0 Å². The smallest absolute Gasteiger partial charge is 0.191 e. The lowest BCUT2D eigenvalue weighted by Gasteiger charge is -2.14. The van der Waals surface area contributed by atoms with Gasteiger partial charge in [0.2, 0.25) is 0 Å². The fourth-order valence-electron chi connectivity index (χ4n) is 2.96. The molecule has 0 atom stereocenters. The SMILES string of the molecule is CCNC(=NCc1ccccc1OCCN(C)C)NCCCn1nc(C)cc1C.I. The maximum absolute atomic E-state index is 5.94. The number of nitrogens with one attached hydrogen (secondary N) is 2. The number of guanidine groups is 1. The van der Waals surface area contributed by atoms with Crippen molar-refractivity contribution in [1.82, 2.24) is 25.3 Å². The third-order valence-electron chi connectivity index (χ3n) is 4.46. The summed E-state index contributed by atoms with van der Waals surface area (Å²) in [6, 6.07) is 10.2. The number of hydrogen-bond acceptors (Lipinski definition) is 4. The lowest BCUT2D eigenvalue weighted by Crippen LogP contribution is -2.38. The molecule has 2 N–H and O–H groups in total. The number of aryl methyl sites for hydroxylation is 3. The van der Waals surface area contributed by atoms with Gasteiger partial charge in [0, 0.05) is 37.4 Å². The first-order chi connectivity index (χ1) is 14.0. The molecule has 0 aliphatic heterocycles. The number of aromatic nitrogens is 2. The van der Waals surface area contributed by atoms with Gasteiger partial charge in [-0.2, -0.15) is 5.10 Å². The Labute approximate surface area is 198 Å². The molecule has 0 bridgehead atoms. The molecule has 1 aromatic carbocycles. The molecule has 0 unspecified atom stereocenters. The van der Waals surface area contributed by atoms with Crippen molar-refractivity contribution >= 4 is 29.9 Å². The van der Waals surface area contributed by atoms with Crippen LogP contribution >= 0.6 is 24.0 Å². The molecule has 2 aromatic rings. The fourth-order valence-corrected chi connectivity index (χ4v) is 2.96. The Balaban J connectivity index is 0.00000450. The summed E-state index contributed by atoms with van der Waals surface area (Å²) in [7, 11) is 4.09. The summed E-state index contributed by atoms with van der Waals surface area (Å²) in [5.41, 5.74) is 3.36. The highest BCUT2D eigenvalue weighted by Crippen LogP contribution is 2.18. The van der Waals surface area contributed by atoms with Crippen LogP contribution in [0.2, 0.25) is 0 Å². The third kappa shape index (κ3) is 9.34. The van der Waals surface area contributed by atoms with Crippen LogP contribution in [0.3, 0.4) is 0 Å². The van der Waals surface area contributed by atoms with Crippen molar-refractivity contribution in [1.29, 1.82) is 0 Å². The van der Waals surface area contributed by atoms with Gasteiger partial charge in [-0.15, -0.1) is 24.0 Å². The van der Waals surface area contributed by atoms with E-state index in [1.165, 1.54) is 5.69 Å². The summed E-state index contributed by atoms with van der Waals surface area (Å²) in [6.07, 6.45) is 0.983. The van der Waals surface area contributed by atoms with Crippen LogP contribution in [0.1, 0.15) is 30.3 Å². The molecular weight excluding hydrogens is 491 g/mol. The van der Waals surface area contributed by atoms with Gasteiger partial charge in [0.25, 0.3) is 0 Å². The van der Waals surface area contributed by atoms with E-state index in [0.717, 1.165) is 55.6 Å². The van der Waals surface area contributed by atoms with Crippen LogP contribution in [0.4, 0.5) is 0 Å². The van der Waals surface area contributed by atoms with E-state index in [0.29, 0.717) is 13.2 Å². The quantitative estimate of drug-likeness (QED) is 0.203. The van der Waals surface area contributed by atoms with E-state index in [1.807, 2.05) is 39.2 Å². The summed E-state index contributed by atoms with van der Waals surface area (Å²) < 4.78 is 8.00. The number of halogens is 1. The molecule has 0 spiro atoms. The van der Waals surface area contributed by atoms with Crippen LogP contribution in [-0.2, 0) is 13.1 Å². The molecule has 1 heterocycles. The highest BCUT2D eigenvalue weighted by molar-refractivity contribution is 14.0. The fraction of sp³-hybridized carbons (Fsp3) is 0.545. The summed E-state index contributed by atoms with van der Waals surface area (Å²) in [4.78, 5) is 6.85. The zero-order chi connectivity index (χ0) is 21.1. The lowest BCUT2D eigenvalue weighted by molar-refractivity contribution is 0.259. The molecule has 7 nitrogen and oxygen atoms in total. The Morgan fingerprint density at radius 3 is 2.63 bits per heavy atom. The molecule has 8 heteroatoms. The average molecular weight is 528 g/mol. The molecule has 0 saturated heterocycles. The van der Waals surface area contributed by atoms with Crippen LogP contribution in [0.25, 0.3) is 0 Å². The van der Waals surface area contributed by atoms with Crippen LogP contribution in [0.5, 0.6) is 5.75 Å². The Hall–Kier alpha value is -1.81. The Kier molecular flexibility index (Phi) is 12.4. The molecular formula is C22H37IN6O. The second kappa shape index (κ2) is 14.2. The number of rotatable bonds is 11. The summed E-state index contributed by atoms with van der Waals surface area (Å²) in [5.74, 6) is 1.72. The van der Waals surface area contributed by atoms with Gasteiger partial charge in [0.05, 0.1) is 12.2 Å². The minimum absolute atomic E-state index is 0. The molecule has 0 fully saturated rings. The van der Waals surface area contributed by atoms with Gasteiger partial charge in [-0.25, -0.2) is 4.99 Å².